The number of likely N-dealkylation sites (tertiary alicyclic amines) is 1. The number of hydrogen-bond donors (Lipinski definition) is 1. The molecule has 0 spiro atoms. The smallest absolute Gasteiger partial charge is 0.255 e. The van der Waals surface area contributed by atoms with Crippen molar-refractivity contribution in [3.05, 3.63) is 65.7 Å². The molecule has 1 saturated heterocycles. The molecular weight excluding hydrogens is 356 g/mol. The minimum absolute atomic E-state index is 0.00944. The third-order valence-electron chi connectivity index (χ3n) is 4.77. The SMILES string of the molecule is C[C@H](SCc1ccccc1)C(=O)Nc1ccccc1C(=O)N1CCCCC1. The number of piperidine rings is 1. The molecule has 4 nitrogen and oxygen atoms in total. The number of carbonyl (C=O) groups is 2. The van der Waals surface area contributed by atoms with Crippen LogP contribution in [0.15, 0.2) is 54.6 Å². The molecule has 2 aromatic carbocycles. The lowest BCUT2D eigenvalue weighted by Crippen LogP contribution is -2.36. The standard InChI is InChI=1S/C22H26N2O2S/c1-17(27-16-18-10-4-2-5-11-18)21(25)23-20-13-7-6-12-19(20)22(26)24-14-8-3-9-15-24/h2,4-7,10-13,17H,3,8-9,14-16H2,1H3,(H,23,25)/t17-/m0/s1. The van der Waals surface area contributed by atoms with Gasteiger partial charge in [0.25, 0.3) is 5.91 Å². The number of thioether (sulfide) groups is 1. The lowest BCUT2D eigenvalue weighted by molar-refractivity contribution is -0.115. The van der Waals surface area contributed by atoms with Crippen molar-refractivity contribution in [3.8, 4) is 0 Å². The molecule has 5 heteroatoms. The van der Waals surface area contributed by atoms with E-state index in [-0.39, 0.29) is 17.1 Å². The number of nitrogens with one attached hydrogen (secondary N) is 1. The van der Waals surface area contributed by atoms with Crippen molar-refractivity contribution in [1.29, 1.82) is 0 Å². The highest BCUT2D eigenvalue weighted by Crippen LogP contribution is 2.23. The van der Waals surface area contributed by atoms with E-state index in [1.807, 2.05) is 48.2 Å². The summed E-state index contributed by atoms with van der Waals surface area (Å²) in [6.45, 7) is 3.49. The second kappa shape index (κ2) is 9.60. The number of hydrogen-bond acceptors (Lipinski definition) is 3. The van der Waals surface area contributed by atoms with Gasteiger partial charge in [-0.3, -0.25) is 9.59 Å². The van der Waals surface area contributed by atoms with E-state index in [4.69, 9.17) is 0 Å². The first-order valence-electron chi connectivity index (χ1n) is 9.50. The Balaban J connectivity index is 1.62. The van der Waals surface area contributed by atoms with Crippen LogP contribution < -0.4 is 5.32 Å². The van der Waals surface area contributed by atoms with Gasteiger partial charge in [0, 0.05) is 18.8 Å². The van der Waals surface area contributed by atoms with Crippen molar-refractivity contribution < 1.29 is 9.59 Å². The van der Waals surface area contributed by atoms with Crippen molar-refractivity contribution in [2.45, 2.75) is 37.2 Å². The minimum atomic E-state index is -0.205. The summed E-state index contributed by atoms with van der Waals surface area (Å²) in [6.07, 6.45) is 3.28. The quantitative estimate of drug-likeness (QED) is 0.796. The zero-order valence-electron chi connectivity index (χ0n) is 15.7. The van der Waals surface area contributed by atoms with Gasteiger partial charge in [0.1, 0.15) is 0 Å². The third kappa shape index (κ3) is 5.36. The number of para-hydroxylation sites is 1. The Bertz CT molecular complexity index is 773. The van der Waals surface area contributed by atoms with Crippen LogP contribution in [0.2, 0.25) is 0 Å². The van der Waals surface area contributed by atoms with E-state index in [2.05, 4.69) is 17.4 Å². The molecule has 0 radical (unpaired) electrons. The Labute approximate surface area is 165 Å². The Morgan fingerprint density at radius 3 is 2.41 bits per heavy atom. The van der Waals surface area contributed by atoms with E-state index >= 15 is 0 Å². The third-order valence-corrected chi connectivity index (χ3v) is 5.98. The summed E-state index contributed by atoms with van der Waals surface area (Å²) in [6, 6.07) is 17.4. The maximum atomic E-state index is 12.9. The first kappa shape index (κ1) is 19.5. The van der Waals surface area contributed by atoms with Crippen molar-refractivity contribution in [3.63, 3.8) is 0 Å². The molecule has 1 N–H and O–H groups in total. The summed E-state index contributed by atoms with van der Waals surface area (Å²) in [5.74, 6) is 0.717. The summed E-state index contributed by atoms with van der Waals surface area (Å²) < 4.78 is 0. The van der Waals surface area contributed by atoms with Crippen LogP contribution in [0.1, 0.15) is 42.1 Å². The van der Waals surface area contributed by atoms with Gasteiger partial charge in [-0.05, 0) is 43.9 Å². The maximum Gasteiger partial charge on any atom is 0.255 e. The van der Waals surface area contributed by atoms with Crippen molar-refractivity contribution in [1.82, 2.24) is 4.90 Å². The normalized spacial score (nSPS) is 15.2. The molecule has 0 aliphatic carbocycles. The average Bonchev–Trinajstić information content (AvgIpc) is 2.73. The molecule has 1 heterocycles. The molecule has 142 valence electrons. The molecule has 1 atom stereocenters. The van der Waals surface area contributed by atoms with Crippen LogP contribution in [0.3, 0.4) is 0 Å². The second-order valence-electron chi connectivity index (χ2n) is 6.83. The topological polar surface area (TPSA) is 49.4 Å². The van der Waals surface area contributed by atoms with Crippen LogP contribution in [0.5, 0.6) is 0 Å². The van der Waals surface area contributed by atoms with Crippen LogP contribution >= 0.6 is 11.8 Å². The molecule has 3 rings (SSSR count). The summed E-state index contributed by atoms with van der Waals surface area (Å²) in [5.41, 5.74) is 2.38. The fourth-order valence-electron chi connectivity index (χ4n) is 3.15. The van der Waals surface area contributed by atoms with Crippen LogP contribution in [-0.2, 0) is 10.5 Å². The van der Waals surface area contributed by atoms with Gasteiger partial charge in [0.15, 0.2) is 0 Å². The highest BCUT2D eigenvalue weighted by molar-refractivity contribution is 7.99. The fraction of sp³-hybridized carbons (Fsp3) is 0.364. The zero-order valence-corrected chi connectivity index (χ0v) is 16.5. The van der Waals surface area contributed by atoms with Gasteiger partial charge < -0.3 is 10.2 Å². The summed E-state index contributed by atoms with van der Waals surface area (Å²) in [5, 5.41) is 2.75. The first-order valence-corrected chi connectivity index (χ1v) is 10.5. The van der Waals surface area contributed by atoms with Crippen LogP contribution in [0.4, 0.5) is 5.69 Å². The molecule has 0 saturated carbocycles. The van der Waals surface area contributed by atoms with Crippen LogP contribution in [0, 0.1) is 0 Å². The van der Waals surface area contributed by atoms with E-state index in [1.54, 1.807) is 17.8 Å². The van der Waals surface area contributed by atoms with Crippen molar-refractivity contribution in [2.75, 3.05) is 18.4 Å². The molecule has 27 heavy (non-hydrogen) atoms. The monoisotopic (exact) mass is 382 g/mol. The summed E-state index contributed by atoms with van der Waals surface area (Å²) in [4.78, 5) is 27.4. The molecule has 2 amide bonds. The largest absolute Gasteiger partial charge is 0.339 e. The highest BCUT2D eigenvalue weighted by Gasteiger charge is 2.22. The highest BCUT2D eigenvalue weighted by atomic mass is 32.2. The molecular formula is C22H26N2O2S. The van der Waals surface area contributed by atoms with Crippen molar-refractivity contribution in [2.24, 2.45) is 0 Å². The molecule has 1 aliphatic rings. The maximum absolute atomic E-state index is 12.9. The van der Waals surface area contributed by atoms with Crippen molar-refractivity contribution >= 4 is 29.3 Å². The molecule has 1 fully saturated rings. The van der Waals surface area contributed by atoms with Gasteiger partial charge in [0.05, 0.1) is 16.5 Å². The van der Waals surface area contributed by atoms with E-state index in [9.17, 15) is 9.59 Å². The Morgan fingerprint density at radius 1 is 1.00 bits per heavy atom. The number of amides is 2. The Kier molecular flexibility index (Phi) is 6.93. The summed E-state index contributed by atoms with van der Waals surface area (Å²) in [7, 11) is 0. The number of nitrogens with zero attached hydrogens (tertiary/aromatic N) is 1. The average molecular weight is 383 g/mol. The zero-order chi connectivity index (χ0) is 19.1. The number of benzene rings is 2. The van der Waals surface area contributed by atoms with Gasteiger partial charge in [-0.25, -0.2) is 0 Å². The molecule has 0 bridgehead atoms. The van der Waals surface area contributed by atoms with Gasteiger partial charge >= 0.3 is 0 Å². The van der Waals surface area contributed by atoms with Gasteiger partial charge in [-0.2, -0.15) is 0 Å². The second-order valence-corrected chi connectivity index (χ2v) is 8.16. The number of rotatable bonds is 6. The molecule has 0 aromatic heterocycles. The predicted molar refractivity (Wildman–Crippen MR) is 112 cm³/mol. The Morgan fingerprint density at radius 2 is 1.67 bits per heavy atom. The van der Waals surface area contributed by atoms with E-state index in [0.717, 1.165) is 31.7 Å². The van der Waals surface area contributed by atoms with E-state index in [1.165, 1.54) is 12.0 Å². The first-order chi connectivity index (χ1) is 13.1. The van der Waals surface area contributed by atoms with Gasteiger partial charge in [0.2, 0.25) is 5.91 Å². The summed E-state index contributed by atoms with van der Waals surface area (Å²) >= 11 is 1.59. The molecule has 1 aliphatic heterocycles. The van der Waals surface area contributed by atoms with E-state index in [0.29, 0.717) is 11.3 Å². The predicted octanol–water partition coefficient (Wildman–Crippen LogP) is 4.57. The molecule has 2 aromatic rings. The fourth-order valence-corrected chi connectivity index (χ4v) is 4.00. The lowest BCUT2D eigenvalue weighted by atomic mass is 10.1. The van der Waals surface area contributed by atoms with Crippen LogP contribution in [-0.4, -0.2) is 35.1 Å². The number of carbonyl (C=O) groups excluding carboxylic acids is 2. The van der Waals surface area contributed by atoms with Gasteiger partial charge in [-0.1, -0.05) is 42.5 Å². The Hall–Kier alpha value is -2.27. The number of anilines is 1. The van der Waals surface area contributed by atoms with Crippen LogP contribution in [0.25, 0.3) is 0 Å². The van der Waals surface area contributed by atoms with E-state index < -0.39 is 0 Å². The molecule has 0 unspecified atom stereocenters. The lowest BCUT2D eigenvalue weighted by Gasteiger charge is -2.27. The minimum Gasteiger partial charge on any atom is -0.339 e. The van der Waals surface area contributed by atoms with Gasteiger partial charge in [-0.15, -0.1) is 11.8 Å².